The number of methoxy groups -OCH3 is 1. The zero-order valence-electron chi connectivity index (χ0n) is 8.33. The van der Waals surface area contributed by atoms with E-state index in [9.17, 15) is 0 Å². The fourth-order valence-corrected chi connectivity index (χ4v) is 3.09. The Morgan fingerprint density at radius 2 is 2.33 bits per heavy atom. The summed E-state index contributed by atoms with van der Waals surface area (Å²) in [6.07, 6.45) is 0. The molecule has 1 aliphatic heterocycles. The third-order valence-electron chi connectivity index (χ3n) is 2.19. The maximum atomic E-state index is 5.19. The molecule has 15 heavy (non-hydrogen) atoms. The molecule has 0 spiro atoms. The van der Waals surface area contributed by atoms with E-state index in [0.717, 1.165) is 16.8 Å². The van der Waals surface area contributed by atoms with Crippen LogP contribution in [-0.2, 0) is 0 Å². The highest BCUT2D eigenvalue weighted by Crippen LogP contribution is 2.34. The summed E-state index contributed by atoms with van der Waals surface area (Å²) in [7, 11) is 1.68. The Morgan fingerprint density at radius 1 is 1.53 bits per heavy atom. The maximum absolute atomic E-state index is 5.19. The van der Waals surface area contributed by atoms with Crippen molar-refractivity contribution < 1.29 is 4.74 Å². The number of nitrogens with one attached hydrogen (secondary N) is 1. The van der Waals surface area contributed by atoms with Gasteiger partial charge in [-0.05, 0) is 33.6 Å². The first-order chi connectivity index (χ1) is 6.81. The third kappa shape index (κ3) is 3.03. The van der Waals surface area contributed by atoms with Crippen molar-refractivity contribution in [1.29, 1.82) is 0 Å². The fourth-order valence-electron chi connectivity index (χ4n) is 1.49. The molecule has 1 aromatic carbocycles. The Bertz CT molecular complexity index is 331. The smallest absolute Gasteiger partial charge is 0.133 e. The molecular weight excluding hydrogens is 298 g/mol. The van der Waals surface area contributed by atoms with Crippen LogP contribution >= 0.6 is 40.1 Å². The first kappa shape index (κ1) is 13.2. The molecule has 5 heteroatoms. The van der Waals surface area contributed by atoms with Crippen molar-refractivity contribution in [3.63, 3.8) is 0 Å². The van der Waals surface area contributed by atoms with E-state index in [4.69, 9.17) is 4.74 Å². The van der Waals surface area contributed by atoms with Gasteiger partial charge in [-0.1, -0.05) is 6.07 Å². The molecule has 1 fully saturated rings. The largest absolute Gasteiger partial charge is 0.496 e. The van der Waals surface area contributed by atoms with E-state index in [1.165, 1.54) is 11.3 Å². The van der Waals surface area contributed by atoms with Gasteiger partial charge in [-0.15, -0.1) is 24.2 Å². The topological polar surface area (TPSA) is 21.3 Å². The highest BCUT2D eigenvalue weighted by atomic mass is 79.9. The number of halogens is 2. The Balaban J connectivity index is 0.00000112. The van der Waals surface area contributed by atoms with Crippen LogP contribution in [0.3, 0.4) is 0 Å². The van der Waals surface area contributed by atoms with Gasteiger partial charge in [0.1, 0.15) is 5.75 Å². The van der Waals surface area contributed by atoms with Gasteiger partial charge in [0.2, 0.25) is 0 Å². The molecule has 0 radical (unpaired) electrons. The number of rotatable bonds is 2. The second kappa shape index (κ2) is 5.99. The molecule has 0 aromatic heterocycles. The summed E-state index contributed by atoms with van der Waals surface area (Å²) < 4.78 is 6.21. The summed E-state index contributed by atoms with van der Waals surface area (Å²) in [5, 5.41) is 3.88. The van der Waals surface area contributed by atoms with Crippen molar-refractivity contribution >= 4 is 40.1 Å². The first-order valence-electron chi connectivity index (χ1n) is 4.49. The molecule has 0 bridgehead atoms. The van der Waals surface area contributed by atoms with Crippen LogP contribution in [0.4, 0.5) is 0 Å². The summed E-state index contributed by atoms with van der Waals surface area (Å²) in [5.74, 6) is 2.07. The van der Waals surface area contributed by atoms with Crippen LogP contribution in [0.15, 0.2) is 22.7 Å². The molecule has 0 amide bonds. The number of thioether (sulfide) groups is 1. The van der Waals surface area contributed by atoms with Gasteiger partial charge in [0.05, 0.1) is 17.0 Å². The molecular formula is C10H13BrClNOS. The zero-order chi connectivity index (χ0) is 9.97. The lowest BCUT2D eigenvalue weighted by molar-refractivity contribution is 0.412. The van der Waals surface area contributed by atoms with Crippen LogP contribution in [0.2, 0.25) is 0 Å². The third-order valence-corrected chi connectivity index (χ3v) is 4.03. The Hall–Kier alpha value is 0.1000. The van der Waals surface area contributed by atoms with Crippen molar-refractivity contribution in [1.82, 2.24) is 5.32 Å². The monoisotopic (exact) mass is 309 g/mol. The zero-order valence-corrected chi connectivity index (χ0v) is 11.5. The molecule has 1 atom stereocenters. The summed E-state index contributed by atoms with van der Waals surface area (Å²) in [6.45, 7) is 1.10. The number of hydrogen-bond acceptors (Lipinski definition) is 3. The van der Waals surface area contributed by atoms with Crippen LogP contribution in [-0.4, -0.2) is 19.4 Å². The number of hydrogen-bond donors (Lipinski definition) is 1. The molecule has 1 N–H and O–H groups in total. The van der Waals surface area contributed by atoms with Crippen LogP contribution in [0.25, 0.3) is 0 Å². The molecule has 2 rings (SSSR count). The second-order valence-electron chi connectivity index (χ2n) is 3.10. The molecule has 0 aliphatic carbocycles. The normalized spacial score (nSPS) is 19.7. The van der Waals surface area contributed by atoms with Crippen molar-refractivity contribution in [2.24, 2.45) is 0 Å². The van der Waals surface area contributed by atoms with Gasteiger partial charge in [-0.2, -0.15) is 0 Å². The Kier molecular flexibility index (Phi) is 5.26. The van der Waals surface area contributed by atoms with Gasteiger partial charge < -0.3 is 10.1 Å². The van der Waals surface area contributed by atoms with Gasteiger partial charge in [-0.3, -0.25) is 0 Å². The van der Waals surface area contributed by atoms with Crippen LogP contribution in [0.5, 0.6) is 5.75 Å². The second-order valence-corrected chi connectivity index (χ2v) is 5.17. The molecule has 1 heterocycles. The lowest BCUT2D eigenvalue weighted by atomic mass is 10.2. The summed E-state index contributed by atoms with van der Waals surface area (Å²) in [4.78, 5) is 0. The summed E-state index contributed by atoms with van der Waals surface area (Å²) >= 11 is 5.44. The minimum atomic E-state index is 0. The van der Waals surface area contributed by atoms with Crippen molar-refractivity contribution in [3.05, 3.63) is 28.2 Å². The van der Waals surface area contributed by atoms with Crippen molar-refractivity contribution in [2.75, 3.05) is 19.4 Å². The average molecular weight is 311 g/mol. The van der Waals surface area contributed by atoms with E-state index >= 15 is 0 Å². The van der Waals surface area contributed by atoms with Gasteiger partial charge in [-0.25, -0.2) is 0 Å². The summed E-state index contributed by atoms with van der Waals surface area (Å²) in [5.41, 5.74) is 1.31. The van der Waals surface area contributed by atoms with E-state index in [1.807, 2.05) is 17.8 Å². The Morgan fingerprint density at radius 3 is 2.87 bits per heavy atom. The SMILES string of the molecule is COc1ccc(C2NCCS2)cc1Br.Cl. The number of ether oxygens (including phenoxy) is 1. The van der Waals surface area contributed by atoms with E-state index in [2.05, 4.69) is 33.4 Å². The highest BCUT2D eigenvalue weighted by molar-refractivity contribution is 9.10. The van der Waals surface area contributed by atoms with Crippen LogP contribution < -0.4 is 10.1 Å². The van der Waals surface area contributed by atoms with Gasteiger partial charge >= 0.3 is 0 Å². The average Bonchev–Trinajstić information content (AvgIpc) is 2.70. The quantitative estimate of drug-likeness (QED) is 0.906. The molecule has 2 nitrogen and oxygen atoms in total. The van der Waals surface area contributed by atoms with Crippen LogP contribution in [0, 0.1) is 0 Å². The molecule has 0 saturated carbocycles. The van der Waals surface area contributed by atoms with E-state index < -0.39 is 0 Å². The number of benzene rings is 1. The predicted octanol–water partition coefficient (Wildman–Crippen LogP) is 3.21. The molecule has 1 saturated heterocycles. The minimum Gasteiger partial charge on any atom is -0.496 e. The minimum absolute atomic E-state index is 0. The standard InChI is InChI=1S/C10H12BrNOS.ClH/c1-13-9-3-2-7(6-8(9)11)10-12-4-5-14-10;/h2-3,6,10,12H,4-5H2,1H3;1H. The van der Waals surface area contributed by atoms with E-state index in [1.54, 1.807) is 7.11 Å². The van der Waals surface area contributed by atoms with E-state index in [-0.39, 0.29) is 12.4 Å². The fraction of sp³-hybridized carbons (Fsp3) is 0.400. The summed E-state index contributed by atoms with van der Waals surface area (Å²) in [6, 6.07) is 6.23. The lowest BCUT2D eigenvalue weighted by Crippen LogP contribution is -2.11. The van der Waals surface area contributed by atoms with Crippen molar-refractivity contribution in [3.8, 4) is 5.75 Å². The van der Waals surface area contributed by atoms with Crippen molar-refractivity contribution in [2.45, 2.75) is 5.37 Å². The van der Waals surface area contributed by atoms with Crippen LogP contribution in [0.1, 0.15) is 10.9 Å². The predicted molar refractivity (Wildman–Crippen MR) is 71.1 cm³/mol. The van der Waals surface area contributed by atoms with Gasteiger partial charge in [0.15, 0.2) is 0 Å². The molecule has 1 aliphatic rings. The molecule has 1 aromatic rings. The maximum Gasteiger partial charge on any atom is 0.133 e. The lowest BCUT2D eigenvalue weighted by Gasteiger charge is -2.11. The highest BCUT2D eigenvalue weighted by Gasteiger charge is 2.17. The Labute approximate surface area is 109 Å². The van der Waals surface area contributed by atoms with Gasteiger partial charge in [0.25, 0.3) is 0 Å². The molecule has 84 valence electrons. The van der Waals surface area contributed by atoms with E-state index in [0.29, 0.717) is 5.37 Å². The molecule has 1 unspecified atom stereocenters. The van der Waals surface area contributed by atoms with Gasteiger partial charge in [0, 0.05) is 12.3 Å². The first-order valence-corrected chi connectivity index (χ1v) is 6.34.